The van der Waals surface area contributed by atoms with Crippen LogP contribution in [0.15, 0.2) is 29.6 Å². The molecule has 1 aliphatic rings. The predicted octanol–water partition coefficient (Wildman–Crippen LogP) is 2.51. The first-order valence-electron chi connectivity index (χ1n) is 8.53. The third-order valence-corrected chi connectivity index (χ3v) is 5.15. The summed E-state index contributed by atoms with van der Waals surface area (Å²) in [7, 11) is 0. The molecule has 0 aliphatic carbocycles. The second-order valence-corrected chi connectivity index (χ2v) is 7.12. The number of piperidine rings is 1. The number of nitrogens with one attached hydrogen (secondary N) is 1. The first-order chi connectivity index (χ1) is 12.3. The Hall–Kier alpha value is -2.32. The first-order valence-corrected chi connectivity index (χ1v) is 9.41. The number of benzene rings is 1. The molecule has 0 saturated carbocycles. The third-order valence-electron chi connectivity index (χ3n) is 4.35. The fourth-order valence-corrected chi connectivity index (χ4v) is 3.83. The van der Waals surface area contributed by atoms with Crippen LogP contribution in [-0.2, 0) is 17.9 Å². The van der Waals surface area contributed by atoms with Crippen molar-refractivity contribution in [1.29, 1.82) is 0 Å². The Kier molecular flexibility index (Phi) is 4.71. The lowest BCUT2D eigenvalue weighted by atomic mass is 10.1. The zero-order valence-electron chi connectivity index (χ0n) is 13.9. The molecule has 3 aromatic rings. The van der Waals surface area contributed by atoms with Crippen molar-refractivity contribution >= 4 is 33.4 Å². The van der Waals surface area contributed by atoms with Crippen molar-refractivity contribution in [3.8, 4) is 0 Å². The van der Waals surface area contributed by atoms with Crippen molar-refractivity contribution in [1.82, 2.24) is 24.9 Å². The van der Waals surface area contributed by atoms with E-state index in [0.717, 1.165) is 36.4 Å². The van der Waals surface area contributed by atoms with E-state index in [-0.39, 0.29) is 12.5 Å². The molecule has 8 heteroatoms. The number of anilines is 1. The molecule has 0 spiro atoms. The normalized spacial score (nSPS) is 15.5. The van der Waals surface area contributed by atoms with Crippen LogP contribution in [0.25, 0.3) is 11.0 Å². The number of carbonyl (C=O) groups is 1. The molecule has 3 heterocycles. The van der Waals surface area contributed by atoms with Gasteiger partial charge in [-0.3, -0.25) is 9.69 Å². The summed E-state index contributed by atoms with van der Waals surface area (Å²) in [5, 5.41) is 13.6. The van der Waals surface area contributed by atoms with Crippen LogP contribution >= 0.6 is 11.3 Å². The zero-order chi connectivity index (χ0) is 17.1. The lowest BCUT2D eigenvalue weighted by Crippen LogP contribution is -2.29. The van der Waals surface area contributed by atoms with E-state index in [0.29, 0.717) is 5.13 Å². The molecule has 1 fully saturated rings. The summed E-state index contributed by atoms with van der Waals surface area (Å²) in [5.41, 5.74) is 2.66. The summed E-state index contributed by atoms with van der Waals surface area (Å²) in [5.74, 6) is -0.144. The topological polar surface area (TPSA) is 75.9 Å². The second-order valence-electron chi connectivity index (χ2n) is 6.26. The molecular weight excluding hydrogens is 336 g/mol. The highest BCUT2D eigenvalue weighted by Gasteiger charge is 2.14. The summed E-state index contributed by atoms with van der Waals surface area (Å²) in [6, 6.07) is 7.60. The predicted molar refractivity (Wildman–Crippen MR) is 97.4 cm³/mol. The van der Waals surface area contributed by atoms with Crippen molar-refractivity contribution in [3.05, 3.63) is 35.3 Å². The maximum Gasteiger partial charge on any atom is 0.247 e. The molecule has 1 amide bonds. The lowest BCUT2D eigenvalue weighted by molar-refractivity contribution is -0.116. The molecular formula is C17H20N6OS. The molecule has 1 saturated heterocycles. The number of aromatic nitrogens is 4. The van der Waals surface area contributed by atoms with Gasteiger partial charge in [0.05, 0.1) is 11.2 Å². The number of likely N-dealkylation sites (tertiary alicyclic amines) is 1. The van der Waals surface area contributed by atoms with E-state index >= 15 is 0 Å². The van der Waals surface area contributed by atoms with E-state index in [1.54, 1.807) is 4.68 Å². The molecule has 0 radical (unpaired) electrons. The Morgan fingerprint density at radius 3 is 2.92 bits per heavy atom. The smallest absolute Gasteiger partial charge is 0.247 e. The molecule has 1 aromatic carbocycles. The van der Waals surface area contributed by atoms with Gasteiger partial charge in [0.25, 0.3) is 0 Å². The Labute approximate surface area is 149 Å². The number of para-hydroxylation sites is 1. The van der Waals surface area contributed by atoms with Gasteiger partial charge in [0, 0.05) is 11.9 Å². The number of carbonyl (C=O) groups excluding carboxylic acids is 1. The minimum absolute atomic E-state index is 0.127. The van der Waals surface area contributed by atoms with Crippen LogP contribution in [0, 0.1) is 0 Å². The first kappa shape index (κ1) is 16.2. The van der Waals surface area contributed by atoms with E-state index in [1.807, 2.05) is 29.6 Å². The molecule has 1 N–H and O–H groups in total. The number of hydrogen-bond donors (Lipinski definition) is 1. The molecule has 25 heavy (non-hydrogen) atoms. The maximum absolute atomic E-state index is 12.3. The summed E-state index contributed by atoms with van der Waals surface area (Å²) in [6.45, 7) is 3.26. The van der Waals surface area contributed by atoms with Gasteiger partial charge >= 0.3 is 0 Å². The number of rotatable bonds is 5. The number of fused-ring (bicyclic) bond motifs is 1. The van der Waals surface area contributed by atoms with E-state index in [2.05, 4.69) is 25.5 Å². The van der Waals surface area contributed by atoms with Crippen molar-refractivity contribution < 1.29 is 4.79 Å². The molecule has 1 aliphatic heterocycles. The highest BCUT2D eigenvalue weighted by Crippen LogP contribution is 2.19. The van der Waals surface area contributed by atoms with Gasteiger partial charge < -0.3 is 5.32 Å². The zero-order valence-corrected chi connectivity index (χ0v) is 14.7. The van der Waals surface area contributed by atoms with Gasteiger partial charge in [-0.1, -0.05) is 23.8 Å². The largest absolute Gasteiger partial charge is 0.300 e. The van der Waals surface area contributed by atoms with Crippen LogP contribution in [0.5, 0.6) is 0 Å². The Morgan fingerprint density at radius 1 is 1.20 bits per heavy atom. The van der Waals surface area contributed by atoms with Gasteiger partial charge in [-0.15, -0.1) is 16.4 Å². The van der Waals surface area contributed by atoms with Crippen molar-refractivity contribution in [2.75, 3.05) is 18.4 Å². The lowest BCUT2D eigenvalue weighted by Gasteiger charge is -2.25. The summed E-state index contributed by atoms with van der Waals surface area (Å²) in [6.07, 6.45) is 3.85. The number of nitrogens with zero attached hydrogens (tertiary/aromatic N) is 5. The number of thiazole rings is 1. The van der Waals surface area contributed by atoms with Gasteiger partial charge in [0.1, 0.15) is 12.1 Å². The SMILES string of the molecule is O=C(Cn1nnc2ccccc21)Nc1nc(CN2CCCCC2)cs1. The van der Waals surface area contributed by atoms with Gasteiger partial charge in [0.2, 0.25) is 5.91 Å². The highest BCUT2D eigenvalue weighted by atomic mass is 32.1. The summed E-state index contributed by atoms with van der Waals surface area (Å²) >= 11 is 1.47. The fourth-order valence-electron chi connectivity index (χ4n) is 3.11. The van der Waals surface area contributed by atoms with Crippen molar-refractivity contribution in [2.24, 2.45) is 0 Å². The number of hydrogen-bond acceptors (Lipinski definition) is 6. The van der Waals surface area contributed by atoms with Gasteiger partial charge in [-0.2, -0.15) is 0 Å². The van der Waals surface area contributed by atoms with Crippen LogP contribution in [0.3, 0.4) is 0 Å². The Bertz CT molecular complexity index is 867. The van der Waals surface area contributed by atoms with Crippen LogP contribution in [0.4, 0.5) is 5.13 Å². The Morgan fingerprint density at radius 2 is 2.04 bits per heavy atom. The third kappa shape index (κ3) is 3.85. The van der Waals surface area contributed by atoms with Gasteiger partial charge in [-0.05, 0) is 38.1 Å². The standard InChI is InChI=1S/C17H20N6OS/c24-16(11-23-15-7-3-2-6-14(15)20-21-23)19-17-18-13(12-25-17)10-22-8-4-1-5-9-22/h2-3,6-7,12H,1,4-5,8-11H2,(H,18,19,24). The van der Waals surface area contributed by atoms with Gasteiger partial charge in [-0.25, -0.2) is 9.67 Å². The fraction of sp³-hybridized carbons (Fsp3) is 0.412. The quantitative estimate of drug-likeness (QED) is 0.760. The molecule has 2 aromatic heterocycles. The van der Waals surface area contributed by atoms with Crippen molar-refractivity contribution in [2.45, 2.75) is 32.4 Å². The molecule has 0 atom stereocenters. The monoisotopic (exact) mass is 356 g/mol. The summed E-state index contributed by atoms with van der Waals surface area (Å²) < 4.78 is 1.60. The molecule has 130 valence electrons. The molecule has 0 bridgehead atoms. The molecule has 4 rings (SSSR count). The second kappa shape index (κ2) is 7.28. The van der Waals surface area contributed by atoms with E-state index in [1.165, 1.54) is 30.6 Å². The molecule has 7 nitrogen and oxygen atoms in total. The number of amides is 1. The van der Waals surface area contributed by atoms with Gasteiger partial charge in [0.15, 0.2) is 5.13 Å². The van der Waals surface area contributed by atoms with Crippen LogP contribution < -0.4 is 5.32 Å². The summed E-state index contributed by atoms with van der Waals surface area (Å²) in [4.78, 5) is 19.2. The minimum atomic E-state index is -0.144. The average molecular weight is 356 g/mol. The van der Waals surface area contributed by atoms with Crippen LogP contribution in [0.2, 0.25) is 0 Å². The van der Waals surface area contributed by atoms with E-state index in [9.17, 15) is 4.79 Å². The maximum atomic E-state index is 12.3. The Balaban J connectivity index is 1.36. The highest BCUT2D eigenvalue weighted by molar-refractivity contribution is 7.13. The van der Waals surface area contributed by atoms with Crippen LogP contribution in [0.1, 0.15) is 25.0 Å². The van der Waals surface area contributed by atoms with E-state index in [4.69, 9.17) is 0 Å². The average Bonchev–Trinajstić information content (AvgIpc) is 3.23. The van der Waals surface area contributed by atoms with E-state index < -0.39 is 0 Å². The minimum Gasteiger partial charge on any atom is -0.300 e. The molecule has 0 unspecified atom stereocenters. The van der Waals surface area contributed by atoms with Crippen molar-refractivity contribution in [3.63, 3.8) is 0 Å². The van der Waals surface area contributed by atoms with Crippen LogP contribution in [-0.4, -0.2) is 43.9 Å².